The molecule has 5 nitrogen and oxygen atoms in total. The van der Waals surface area contributed by atoms with Crippen LogP contribution in [0, 0.1) is 0 Å². The number of anilines is 1. The lowest BCUT2D eigenvalue weighted by Crippen LogP contribution is -2.09. The van der Waals surface area contributed by atoms with Gasteiger partial charge in [0.15, 0.2) is 0 Å². The number of hydrazone groups is 1. The van der Waals surface area contributed by atoms with Crippen LogP contribution in [-0.2, 0) is 0 Å². The van der Waals surface area contributed by atoms with Crippen molar-refractivity contribution in [1.82, 2.24) is 9.97 Å². The monoisotopic (exact) mass is 348 g/mol. The number of rotatable bonds is 3. The van der Waals surface area contributed by atoms with Crippen molar-refractivity contribution in [2.45, 2.75) is 0 Å². The molecule has 3 aromatic rings. The van der Waals surface area contributed by atoms with Gasteiger partial charge in [0.25, 0.3) is 5.56 Å². The average Bonchev–Trinajstić information content (AvgIpc) is 2.88. The number of hydrogen-bond donors (Lipinski definition) is 2. The van der Waals surface area contributed by atoms with Crippen LogP contribution in [0.5, 0.6) is 0 Å². The molecule has 20 heavy (non-hydrogen) atoms. The van der Waals surface area contributed by atoms with Gasteiger partial charge in [0, 0.05) is 4.47 Å². The van der Waals surface area contributed by atoms with Gasteiger partial charge in [-0.2, -0.15) is 5.10 Å². The van der Waals surface area contributed by atoms with E-state index >= 15 is 0 Å². The molecule has 0 radical (unpaired) electrons. The van der Waals surface area contributed by atoms with E-state index in [9.17, 15) is 4.79 Å². The van der Waals surface area contributed by atoms with Gasteiger partial charge < -0.3 is 0 Å². The van der Waals surface area contributed by atoms with Crippen LogP contribution in [-0.4, -0.2) is 16.2 Å². The van der Waals surface area contributed by atoms with E-state index in [-0.39, 0.29) is 5.56 Å². The largest absolute Gasteiger partial charge is 0.290 e. The summed E-state index contributed by atoms with van der Waals surface area (Å²) < 4.78 is 1.60. The van der Waals surface area contributed by atoms with E-state index in [1.54, 1.807) is 12.3 Å². The van der Waals surface area contributed by atoms with E-state index < -0.39 is 0 Å². The van der Waals surface area contributed by atoms with Gasteiger partial charge in [-0.15, -0.1) is 11.3 Å². The van der Waals surface area contributed by atoms with Crippen molar-refractivity contribution >= 4 is 49.6 Å². The molecule has 0 amide bonds. The average molecular weight is 349 g/mol. The zero-order valence-corrected chi connectivity index (χ0v) is 12.5. The third-order valence-electron chi connectivity index (χ3n) is 2.55. The highest BCUT2D eigenvalue weighted by Gasteiger charge is 2.03. The molecular formula is C13H9BrN4OS. The van der Waals surface area contributed by atoms with Crippen molar-refractivity contribution in [2.75, 3.05) is 5.43 Å². The maximum absolute atomic E-state index is 11.8. The first-order valence-electron chi connectivity index (χ1n) is 5.74. The molecule has 2 aromatic heterocycles. The topological polar surface area (TPSA) is 70.1 Å². The lowest BCUT2D eigenvalue weighted by Gasteiger charge is -1.99. The van der Waals surface area contributed by atoms with Crippen LogP contribution in [0.1, 0.15) is 5.56 Å². The number of halogens is 1. The van der Waals surface area contributed by atoms with Gasteiger partial charge in [0.2, 0.25) is 5.95 Å². The molecule has 0 aliphatic rings. The summed E-state index contributed by atoms with van der Waals surface area (Å²) in [4.78, 5) is 18.7. The number of nitrogens with zero attached hydrogens (tertiary/aromatic N) is 2. The van der Waals surface area contributed by atoms with Crippen molar-refractivity contribution in [3.63, 3.8) is 0 Å². The number of nitrogens with one attached hydrogen (secondary N) is 2. The number of aromatic nitrogens is 2. The van der Waals surface area contributed by atoms with Gasteiger partial charge in [-0.05, 0) is 29.1 Å². The number of aromatic amines is 1. The Morgan fingerprint density at radius 3 is 3.15 bits per heavy atom. The summed E-state index contributed by atoms with van der Waals surface area (Å²) in [5.74, 6) is 0.326. The highest BCUT2D eigenvalue weighted by atomic mass is 79.9. The standard InChI is InChI=1S/C13H9BrN4OS/c14-9-3-1-2-8(6-9)7-15-18-13-16-10-4-5-20-11(10)12(19)17-13/h1-7H,(H2,16,17,18,19)/b15-7+. The molecule has 2 heterocycles. The van der Waals surface area contributed by atoms with Crippen molar-refractivity contribution in [3.05, 3.63) is 56.1 Å². The normalized spacial score (nSPS) is 11.2. The molecule has 0 unspecified atom stereocenters. The molecule has 2 N–H and O–H groups in total. The molecule has 0 aliphatic carbocycles. The summed E-state index contributed by atoms with van der Waals surface area (Å²) in [6.07, 6.45) is 1.66. The van der Waals surface area contributed by atoms with E-state index in [0.717, 1.165) is 10.0 Å². The molecule has 0 saturated carbocycles. The summed E-state index contributed by atoms with van der Waals surface area (Å²) in [5.41, 5.74) is 4.17. The molecule has 100 valence electrons. The molecular weight excluding hydrogens is 340 g/mol. The van der Waals surface area contributed by atoms with E-state index in [1.807, 2.05) is 29.6 Å². The van der Waals surface area contributed by atoms with Gasteiger partial charge in [-0.1, -0.05) is 28.1 Å². The SMILES string of the molecule is O=c1[nH]c(N/N=C/c2cccc(Br)c2)nc2ccsc12. The highest BCUT2D eigenvalue weighted by molar-refractivity contribution is 9.10. The summed E-state index contributed by atoms with van der Waals surface area (Å²) in [6, 6.07) is 9.52. The molecule has 0 saturated heterocycles. The van der Waals surface area contributed by atoms with Crippen LogP contribution in [0.3, 0.4) is 0 Å². The van der Waals surface area contributed by atoms with Gasteiger partial charge in [0.05, 0.1) is 11.7 Å². The Balaban J connectivity index is 1.81. The molecule has 0 fully saturated rings. The third kappa shape index (κ3) is 2.78. The lowest BCUT2D eigenvalue weighted by atomic mass is 10.2. The summed E-state index contributed by atoms with van der Waals surface area (Å²) in [6.45, 7) is 0. The van der Waals surface area contributed by atoms with E-state index in [2.05, 4.69) is 36.4 Å². The van der Waals surface area contributed by atoms with Gasteiger partial charge in [-0.25, -0.2) is 10.4 Å². The fraction of sp³-hybridized carbons (Fsp3) is 0. The first-order chi connectivity index (χ1) is 9.72. The number of benzene rings is 1. The maximum atomic E-state index is 11.8. The maximum Gasteiger partial charge on any atom is 0.270 e. The van der Waals surface area contributed by atoms with Crippen LogP contribution in [0.2, 0.25) is 0 Å². The molecule has 0 aliphatic heterocycles. The van der Waals surface area contributed by atoms with Crippen LogP contribution < -0.4 is 11.0 Å². The minimum Gasteiger partial charge on any atom is -0.290 e. The van der Waals surface area contributed by atoms with E-state index in [1.165, 1.54) is 11.3 Å². The van der Waals surface area contributed by atoms with E-state index in [4.69, 9.17) is 0 Å². The Labute approximate surface area is 126 Å². The Kier molecular flexibility index (Phi) is 3.62. The third-order valence-corrected chi connectivity index (χ3v) is 3.94. The fourth-order valence-electron chi connectivity index (χ4n) is 1.68. The van der Waals surface area contributed by atoms with Crippen LogP contribution in [0.25, 0.3) is 10.2 Å². The number of hydrogen-bond acceptors (Lipinski definition) is 5. The van der Waals surface area contributed by atoms with Gasteiger partial charge in [-0.3, -0.25) is 9.78 Å². The Morgan fingerprint density at radius 2 is 2.30 bits per heavy atom. The summed E-state index contributed by atoms with van der Waals surface area (Å²) in [7, 11) is 0. The second kappa shape index (κ2) is 5.56. The second-order valence-corrected chi connectivity index (χ2v) is 5.81. The van der Waals surface area contributed by atoms with Crippen molar-refractivity contribution < 1.29 is 0 Å². The van der Waals surface area contributed by atoms with Crippen molar-refractivity contribution in [3.8, 4) is 0 Å². The Hall–Kier alpha value is -1.99. The van der Waals surface area contributed by atoms with E-state index in [0.29, 0.717) is 16.2 Å². The van der Waals surface area contributed by atoms with Crippen LogP contribution in [0.4, 0.5) is 5.95 Å². The summed E-state index contributed by atoms with van der Waals surface area (Å²) in [5, 5.41) is 5.89. The quantitative estimate of drug-likeness (QED) is 0.564. The Morgan fingerprint density at radius 1 is 1.40 bits per heavy atom. The Bertz CT molecular complexity index is 840. The number of thiophene rings is 1. The predicted molar refractivity (Wildman–Crippen MR) is 85.6 cm³/mol. The number of H-pyrrole nitrogens is 1. The lowest BCUT2D eigenvalue weighted by molar-refractivity contribution is 1.13. The molecule has 7 heteroatoms. The van der Waals surface area contributed by atoms with Crippen molar-refractivity contribution in [2.24, 2.45) is 5.10 Å². The zero-order valence-electron chi connectivity index (χ0n) is 10.1. The van der Waals surface area contributed by atoms with Crippen LogP contribution in [0.15, 0.2) is 50.1 Å². The summed E-state index contributed by atoms with van der Waals surface area (Å²) >= 11 is 4.76. The molecule has 3 rings (SSSR count). The zero-order chi connectivity index (χ0) is 13.9. The van der Waals surface area contributed by atoms with Gasteiger partial charge in [0.1, 0.15) is 4.70 Å². The molecule has 0 spiro atoms. The minimum atomic E-state index is -0.162. The molecule has 0 atom stereocenters. The fourth-order valence-corrected chi connectivity index (χ4v) is 2.82. The number of fused-ring (bicyclic) bond motifs is 1. The first-order valence-corrected chi connectivity index (χ1v) is 7.42. The highest BCUT2D eigenvalue weighted by Crippen LogP contribution is 2.15. The van der Waals surface area contributed by atoms with Crippen molar-refractivity contribution in [1.29, 1.82) is 0 Å². The first kappa shape index (κ1) is 13.0. The molecule has 1 aromatic carbocycles. The minimum absolute atomic E-state index is 0.162. The predicted octanol–water partition coefficient (Wildman–Crippen LogP) is 3.19. The molecule has 0 bridgehead atoms. The van der Waals surface area contributed by atoms with Gasteiger partial charge >= 0.3 is 0 Å². The van der Waals surface area contributed by atoms with Crippen LogP contribution >= 0.6 is 27.3 Å². The smallest absolute Gasteiger partial charge is 0.270 e. The second-order valence-electron chi connectivity index (χ2n) is 3.97.